The zero-order valence-electron chi connectivity index (χ0n) is 14.4. The minimum absolute atomic E-state index is 0.0279. The Morgan fingerprint density at radius 2 is 1.86 bits per heavy atom. The van der Waals surface area contributed by atoms with Gasteiger partial charge in [0.25, 0.3) is 0 Å². The van der Waals surface area contributed by atoms with Crippen LogP contribution in [0.4, 0.5) is 0 Å². The molecule has 1 unspecified atom stereocenters. The Morgan fingerprint density at radius 1 is 1.24 bits per heavy atom. The third kappa shape index (κ3) is 3.98. The summed E-state index contributed by atoms with van der Waals surface area (Å²) in [6.07, 6.45) is 7.65. The van der Waals surface area contributed by atoms with Crippen LogP contribution in [0.5, 0.6) is 0 Å². The molecule has 2 fully saturated rings. The summed E-state index contributed by atoms with van der Waals surface area (Å²) in [5, 5.41) is 3.64. The maximum atomic E-state index is 5.61. The van der Waals surface area contributed by atoms with Crippen molar-refractivity contribution in [2.45, 2.75) is 69.6 Å². The predicted octanol–water partition coefficient (Wildman–Crippen LogP) is 2.42. The zero-order valence-corrected chi connectivity index (χ0v) is 14.4. The molecule has 4 heteroatoms. The first kappa shape index (κ1) is 17.2. The van der Waals surface area contributed by atoms with Gasteiger partial charge in [0.15, 0.2) is 0 Å². The first-order valence-corrected chi connectivity index (χ1v) is 8.59. The van der Waals surface area contributed by atoms with E-state index in [1.54, 1.807) is 0 Å². The number of morpholine rings is 1. The molecule has 0 bridgehead atoms. The summed E-state index contributed by atoms with van der Waals surface area (Å²) >= 11 is 0. The first-order chi connectivity index (χ1) is 10.0. The molecule has 0 radical (unpaired) electrons. The lowest BCUT2D eigenvalue weighted by atomic mass is 9.81. The summed E-state index contributed by atoms with van der Waals surface area (Å²) in [5.41, 5.74) is 0.308. The van der Waals surface area contributed by atoms with Crippen LogP contribution in [-0.2, 0) is 9.47 Å². The van der Waals surface area contributed by atoms with Crippen LogP contribution in [0.2, 0.25) is 0 Å². The number of hydrogen-bond donors (Lipinski definition) is 1. The Bertz CT molecular complexity index is 308. The lowest BCUT2D eigenvalue weighted by molar-refractivity contribution is -0.0423. The Balaban J connectivity index is 2.06. The normalized spacial score (nSPS) is 25.1. The number of hydrogen-bond acceptors (Lipinski definition) is 4. The van der Waals surface area contributed by atoms with Crippen molar-refractivity contribution in [3.63, 3.8) is 0 Å². The van der Waals surface area contributed by atoms with Gasteiger partial charge in [0.2, 0.25) is 0 Å². The van der Waals surface area contributed by atoms with Crippen molar-refractivity contribution < 1.29 is 9.47 Å². The van der Waals surface area contributed by atoms with Crippen LogP contribution in [0.3, 0.4) is 0 Å². The Labute approximate surface area is 130 Å². The van der Waals surface area contributed by atoms with Gasteiger partial charge in [0.05, 0.1) is 18.8 Å². The summed E-state index contributed by atoms with van der Waals surface area (Å²) < 4.78 is 11.2. The summed E-state index contributed by atoms with van der Waals surface area (Å²) in [6, 6.07) is 0.549. The molecule has 124 valence electrons. The van der Waals surface area contributed by atoms with E-state index >= 15 is 0 Å². The van der Waals surface area contributed by atoms with Crippen molar-refractivity contribution in [2.24, 2.45) is 0 Å². The molecule has 1 atom stereocenters. The van der Waals surface area contributed by atoms with Gasteiger partial charge in [-0.15, -0.1) is 0 Å². The number of rotatable bonds is 7. The number of nitrogens with zero attached hydrogens (tertiary/aromatic N) is 1. The fraction of sp³-hybridized carbons (Fsp3) is 1.00. The molecule has 2 aliphatic rings. The SMILES string of the molecule is CNC(CCC(C)(C)OC)C1(N2CCOCC2)CCCC1. The maximum absolute atomic E-state index is 5.61. The summed E-state index contributed by atoms with van der Waals surface area (Å²) in [4.78, 5) is 2.71. The fourth-order valence-electron chi connectivity index (χ4n) is 4.16. The minimum atomic E-state index is -0.0279. The minimum Gasteiger partial charge on any atom is -0.379 e. The van der Waals surface area contributed by atoms with E-state index in [0.717, 1.165) is 32.7 Å². The van der Waals surface area contributed by atoms with Gasteiger partial charge in [-0.3, -0.25) is 4.90 Å². The van der Waals surface area contributed by atoms with Crippen LogP contribution in [-0.4, -0.2) is 62.5 Å². The van der Waals surface area contributed by atoms with E-state index in [0.29, 0.717) is 11.6 Å². The number of likely N-dealkylation sites (N-methyl/N-ethyl adjacent to an activating group) is 1. The van der Waals surface area contributed by atoms with Crippen molar-refractivity contribution >= 4 is 0 Å². The molecule has 0 aromatic carbocycles. The summed E-state index contributed by atoms with van der Waals surface area (Å²) in [6.45, 7) is 8.34. The largest absolute Gasteiger partial charge is 0.379 e. The van der Waals surface area contributed by atoms with Crippen molar-refractivity contribution in [1.82, 2.24) is 10.2 Å². The highest BCUT2D eigenvalue weighted by Crippen LogP contribution is 2.40. The Kier molecular flexibility index (Phi) is 6.06. The average molecular weight is 298 g/mol. The van der Waals surface area contributed by atoms with E-state index in [2.05, 4.69) is 31.1 Å². The van der Waals surface area contributed by atoms with Crippen LogP contribution >= 0.6 is 0 Å². The number of methoxy groups -OCH3 is 1. The highest BCUT2D eigenvalue weighted by Gasteiger charge is 2.45. The van der Waals surface area contributed by atoms with Crippen molar-refractivity contribution in [2.75, 3.05) is 40.5 Å². The van der Waals surface area contributed by atoms with Crippen LogP contribution in [0.15, 0.2) is 0 Å². The molecule has 21 heavy (non-hydrogen) atoms. The van der Waals surface area contributed by atoms with Crippen molar-refractivity contribution in [3.05, 3.63) is 0 Å². The Morgan fingerprint density at radius 3 is 2.38 bits per heavy atom. The second-order valence-electron chi connectivity index (χ2n) is 7.25. The smallest absolute Gasteiger partial charge is 0.0623 e. The van der Waals surface area contributed by atoms with Gasteiger partial charge in [-0.25, -0.2) is 0 Å². The van der Waals surface area contributed by atoms with Crippen LogP contribution in [0, 0.1) is 0 Å². The molecule has 0 spiro atoms. The van der Waals surface area contributed by atoms with Gasteiger partial charge in [0, 0.05) is 31.8 Å². The standard InChI is InChI=1S/C17H34N2O2/c1-16(2,20-4)10-7-15(18-3)17(8-5-6-9-17)19-11-13-21-14-12-19/h15,18H,5-14H2,1-4H3. The molecule has 1 saturated heterocycles. The summed E-state index contributed by atoms with van der Waals surface area (Å²) in [7, 11) is 3.95. The lowest BCUT2D eigenvalue weighted by Gasteiger charge is -2.49. The van der Waals surface area contributed by atoms with Gasteiger partial charge in [-0.2, -0.15) is 0 Å². The lowest BCUT2D eigenvalue weighted by Crippen LogP contribution is -2.62. The maximum Gasteiger partial charge on any atom is 0.0623 e. The van der Waals surface area contributed by atoms with Crippen LogP contribution in [0.1, 0.15) is 52.4 Å². The van der Waals surface area contributed by atoms with E-state index in [1.165, 1.54) is 32.1 Å². The molecular weight excluding hydrogens is 264 g/mol. The molecule has 0 aromatic rings. The highest BCUT2D eigenvalue weighted by atomic mass is 16.5. The highest BCUT2D eigenvalue weighted by molar-refractivity contribution is 5.04. The van der Waals surface area contributed by atoms with Crippen molar-refractivity contribution in [1.29, 1.82) is 0 Å². The third-order valence-electron chi connectivity index (χ3n) is 5.70. The molecule has 1 saturated carbocycles. The topological polar surface area (TPSA) is 33.7 Å². The quantitative estimate of drug-likeness (QED) is 0.783. The molecule has 1 aliphatic carbocycles. The monoisotopic (exact) mass is 298 g/mol. The molecule has 0 amide bonds. The first-order valence-electron chi connectivity index (χ1n) is 8.59. The molecule has 2 rings (SSSR count). The van der Waals surface area contributed by atoms with E-state index in [4.69, 9.17) is 9.47 Å². The number of ether oxygens (including phenoxy) is 2. The molecular formula is C17H34N2O2. The van der Waals surface area contributed by atoms with E-state index < -0.39 is 0 Å². The van der Waals surface area contributed by atoms with Crippen molar-refractivity contribution in [3.8, 4) is 0 Å². The molecule has 1 heterocycles. The second kappa shape index (κ2) is 7.40. The average Bonchev–Trinajstić information content (AvgIpc) is 2.99. The predicted molar refractivity (Wildman–Crippen MR) is 86.8 cm³/mol. The molecule has 1 aliphatic heterocycles. The molecule has 0 aromatic heterocycles. The van der Waals surface area contributed by atoms with Crippen LogP contribution < -0.4 is 5.32 Å². The molecule has 4 nitrogen and oxygen atoms in total. The Hall–Kier alpha value is -0.160. The van der Waals surface area contributed by atoms with Gasteiger partial charge < -0.3 is 14.8 Å². The summed E-state index contributed by atoms with van der Waals surface area (Å²) in [5.74, 6) is 0. The van der Waals surface area contributed by atoms with Gasteiger partial charge in [0.1, 0.15) is 0 Å². The van der Waals surface area contributed by atoms with Gasteiger partial charge in [-0.05, 0) is 46.6 Å². The molecule has 1 N–H and O–H groups in total. The van der Waals surface area contributed by atoms with Gasteiger partial charge in [-0.1, -0.05) is 12.8 Å². The second-order valence-corrected chi connectivity index (χ2v) is 7.25. The van der Waals surface area contributed by atoms with E-state index in [9.17, 15) is 0 Å². The number of nitrogens with one attached hydrogen (secondary N) is 1. The van der Waals surface area contributed by atoms with Gasteiger partial charge >= 0.3 is 0 Å². The zero-order chi connectivity index (χ0) is 15.3. The third-order valence-corrected chi connectivity index (χ3v) is 5.70. The van der Waals surface area contributed by atoms with E-state index in [1.807, 2.05) is 7.11 Å². The fourth-order valence-corrected chi connectivity index (χ4v) is 4.16. The van der Waals surface area contributed by atoms with Crippen LogP contribution in [0.25, 0.3) is 0 Å². The van der Waals surface area contributed by atoms with E-state index in [-0.39, 0.29) is 5.60 Å².